The van der Waals surface area contributed by atoms with Gasteiger partial charge < -0.3 is 0 Å². The van der Waals surface area contributed by atoms with Gasteiger partial charge >= 0.3 is 98.6 Å². The second-order valence-corrected chi connectivity index (χ2v) is 4.24. The van der Waals surface area contributed by atoms with Crippen LogP contribution in [0.3, 0.4) is 0 Å². The number of nitrogens with one attached hydrogen (secondary N) is 1. The molecule has 20 heavy (non-hydrogen) atoms. The van der Waals surface area contributed by atoms with E-state index in [1.807, 2.05) is 67.5 Å². The Morgan fingerprint density at radius 3 is 2.40 bits per heavy atom. The fourth-order valence-corrected chi connectivity index (χ4v) is 1.94. The van der Waals surface area contributed by atoms with Crippen molar-refractivity contribution in [1.82, 2.24) is 9.97 Å². The van der Waals surface area contributed by atoms with E-state index < -0.39 is 0 Å². The average Bonchev–Trinajstić information content (AvgIpc) is 3.20. The molecule has 0 saturated carbocycles. The van der Waals surface area contributed by atoms with Crippen LogP contribution in [0.2, 0.25) is 0 Å². The van der Waals surface area contributed by atoms with Crippen molar-refractivity contribution in [2.45, 2.75) is 0 Å². The van der Waals surface area contributed by atoms with Gasteiger partial charge in [-0.2, -0.15) is 18.2 Å². The van der Waals surface area contributed by atoms with Gasteiger partial charge in [-0.15, -0.1) is 0 Å². The standard InChI is InChI=1S/C11H8BN2.C5H5.Fe/c1-2-5-8(4-1)11-13-9-6-3-7-12-10(9)14-11;1-2-4-5-3-1;/h1-7H,(H,13,14);1-5H;/q2*-1;+2. The number of rotatable bonds is 1. The van der Waals surface area contributed by atoms with Crippen molar-refractivity contribution in [2.75, 3.05) is 0 Å². The van der Waals surface area contributed by atoms with Crippen molar-refractivity contribution in [3.05, 3.63) is 72.7 Å². The molecule has 98 valence electrons. The van der Waals surface area contributed by atoms with Crippen LogP contribution in [0.25, 0.3) is 22.3 Å². The molecule has 0 aliphatic carbocycles. The van der Waals surface area contributed by atoms with E-state index in [4.69, 9.17) is 0 Å². The molecule has 1 N–H and O–H groups in total. The van der Waals surface area contributed by atoms with Gasteiger partial charge in [-0.1, -0.05) is 0 Å². The zero-order valence-corrected chi connectivity index (χ0v) is 11.9. The van der Waals surface area contributed by atoms with Gasteiger partial charge in [0.05, 0.1) is 0 Å². The number of H-pyrrole nitrogens is 1. The second-order valence-electron chi connectivity index (χ2n) is 4.24. The molecule has 4 heteroatoms. The van der Waals surface area contributed by atoms with Crippen LogP contribution >= 0.6 is 0 Å². The Morgan fingerprint density at radius 2 is 1.80 bits per heavy atom. The maximum atomic E-state index is 4.50. The van der Waals surface area contributed by atoms with Gasteiger partial charge in [-0.05, 0) is 0 Å². The van der Waals surface area contributed by atoms with Crippen LogP contribution in [-0.2, 0) is 17.1 Å². The molecule has 0 bridgehead atoms. The molecule has 0 unspecified atom stereocenters. The number of hydrogen-bond acceptors (Lipinski definition) is 1. The maximum absolute atomic E-state index is 4.50. The van der Waals surface area contributed by atoms with Crippen LogP contribution in [0.5, 0.6) is 0 Å². The minimum atomic E-state index is 0. The van der Waals surface area contributed by atoms with E-state index in [9.17, 15) is 0 Å². The van der Waals surface area contributed by atoms with E-state index in [2.05, 4.69) is 22.1 Å². The summed E-state index contributed by atoms with van der Waals surface area (Å²) in [6.07, 6.45) is 0. The number of fused-ring (bicyclic) bond motifs is 1. The molecule has 2 heterocycles. The van der Waals surface area contributed by atoms with Crippen molar-refractivity contribution in [1.29, 1.82) is 0 Å². The maximum Gasteiger partial charge on any atom is -0.172 e. The summed E-state index contributed by atoms with van der Waals surface area (Å²) in [4.78, 5) is 7.79. The molecule has 0 aliphatic rings. The monoisotopic (exact) mass is 300 g/mol. The Kier molecular flexibility index (Phi) is 5.11. The molecule has 0 fully saturated rings. The van der Waals surface area contributed by atoms with Crippen LogP contribution in [0.1, 0.15) is 0 Å². The van der Waals surface area contributed by atoms with Crippen molar-refractivity contribution >= 4 is 17.8 Å². The van der Waals surface area contributed by atoms with Crippen molar-refractivity contribution < 1.29 is 17.1 Å². The summed E-state index contributed by atoms with van der Waals surface area (Å²) >= 11 is 0. The van der Waals surface area contributed by atoms with E-state index in [0.717, 1.165) is 22.3 Å². The molecule has 4 rings (SSSR count). The smallest absolute Gasteiger partial charge is 0.172 e. The van der Waals surface area contributed by atoms with E-state index in [1.54, 1.807) is 0 Å². The minimum absolute atomic E-state index is 0. The topological polar surface area (TPSA) is 28.7 Å². The first-order valence-corrected chi connectivity index (χ1v) is 6.27. The Bertz CT molecular complexity index is 677. The van der Waals surface area contributed by atoms with Crippen LogP contribution in [0, 0.1) is 0 Å². The van der Waals surface area contributed by atoms with Crippen LogP contribution < -0.4 is 0 Å². The summed E-state index contributed by atoms with van der Waals surface area (Å²) in [6.45, 7) is 2.04. The molecule has 0 aliphatic heterocycles. The van der Waals surface area contributed by atoms with Crippen molar-refractivity contribution in [3.8, 4) is 11.4 Å². The van der Waals surface area contributed by atoms with Crippen LogP contribution in [0.4, 0.5) is 0 Å². The van der Waals surface area contributed by atoms with E-state index in [-0.39, 0.29) is 17.1 Å². The summed E-state index contributed by atoms with van der Waals surface area (Å²) in [7, 11) is 0. The molecule has 2 nitrogen and oxygen atoms in total. The van der Waals surface area contributed by atoms with Gasteiger partial charge in [-0.25, -0.2) is 12.1 Å². The predicted molar refractivity (Wildman–Crippen MR) is 80.5 cm³/mol. The first kappa shape index (κ1) is 14.5. The fraction of sp³-hybridized carbons (Fsp3) is 0. The molecule has 0 saturated heterocycles. The SMILES string of the molecule is [Fe+2].b1cccc2nc(-[c-]3cccc3)[nH]c12.c1cc[cH-]c1. The van der Waals surface area contributed by atoms with Gasteiger partial charge in [0, 0.05) is 0 Å². The Morgan fingerprint density at radius 1 is 1.05 bits per heavy atom. The van der Waals surface area contributed by atoms with E-state index in [0.29, 0.717) is 0 Å². The van der Waals surface area contributed by atoms with Gasteiger partial charge in [0.15, 0.2) is 0 Å². The third-order valence-electron chi connectivity index (χ3n) is 2.88. The van der Waals surface area contributed by atoms with E-state index >= 15 is 0 Å². The Balaban J connectivity index is 0.000000210. The molecular weight excluding hydrogens is 287 g/mol. The predicted octanol–water partition coefficient (Wildman–Crippen LogP) is 3.69. The van der Waals surface area contributed by atoms with Crippen LogP contribution in [-0.4, -0.2) is 16.9 Å². The number of hydrogen-bond donors (Lipinski definition) is 1. The molecule has 0 spiro atoms. The third-order valence-corrected chi connectivity index (χ3v) is 2.88. The van der Waals surface area contributed by atoms with Gasteiger partial charge in [-0.3, -0.25) is 0 Å². The van der Waals surface area contributed by atoms with Gasteiger partial charge in [0.25, 0.3) is 0 Å². The minimum Gasteiger partial charge on any atom is -0.214 e. The van der Waals surface area contributed by atoms with Crippen LogP contribution in [0.15, 0.2) is 72.7 Å². The zero-order chi connectivity index (χ0) is 12.9. The quantitative estimate of drug-likeness (QED) is 0.421. The third kappa shape index (κ3) is 3.35. The second kappa shape index (κ2) is 7.04. The zero-order valence-electron chi connectivity index (χ0n) is 10.8. The van der Waals surface area contributed by atoms with Gasteiger partial charge in [0.1, 0.15) is 0 Å². The average molecular weight is 300 g/mol. The molecule has 0 atom stereocenters. The number of imidazole rings is 1. The summed E-state index contributed by atoms with van der Waals surface area (Å²) in [5, 5.41) is 0. The fourth-order valence-electron chi connectivity index (χ4n) is 1.94. The summed E-state index contributed by atoms with van der Waals surface area (Å²) in [6, 6.07) is 22.1. The summed E-state index contributed by atoms with van der Waals surface area (Å²) in [5.74, 6) is 2.95. The molecular formula is C16H13BFeN2. The van der Waals surface area contributed by atoms with Crippen molar-refractivity contribution in [3.63, 3.8) is 0 Å². The first-order chi connectivity index (χ1) is 9.43. The molecule has 2 aromatic carbocycles. The largest absolute Gasteiger partial charge is 0.214 e. The summed E-state index contributed by atoms with van der Waals surface area (Å²) < 4.78 is 0. The first-order valence-electron chi connectivity index (χ1n) is 6.27. The number of nitrogens with zero attached hydrogens (tertiary/aromatic N) is 1. The number of aromatic nitrogens is 2. The van der Waals surface area contributed by atoms with E-state index in [1.165, 1.54) is 0 Å². The summed E-state index contributed by atoms with van der Waals surface area (Å²) in [5.41, 5.74) is 3.24. The normalized spacial score (nSPS) is 9.40. The Labute approximate surface area is 129 Å². The molecule has 2 aromatic heterocycles. The van der Waals surface area contributed by atoms with Gasteiger partial charge in [0.2, 0.25) is 0 Å². The number of aromatic amines is 1. The molecule has 4 aromatic rings. The molecule has 0 amide bonds. The Hall–Kier alpha value is -1.90. The van der Waals surface area contributed by atoms with Crippen molar-refractivity contribution in [2.24, 2.45) is 0 Å². The molecule has 0 radical (unpaired) electrons.